The molecule has 0 atom stereocenters. The molecule has 0 saturated carbocycles. The summed E-state index contributed by atoms with van der Waals surface area (Å²) in [7, 11) is 1.93. The van der Waals surface area contributed by atoms with Gasteiger partial charge in [-0.1, -0.05) is 42.0 Å². The largest absolute Gasteiger partial charge is 0.348 e. The number of hydrogen-bond donors (Lipinski definition) is 1. The zero-order valence-electron chi connectivity index (χ0n) is 15.3. The number of hydrogen-bond acceptors (Lipinski definition) is 3. The molecule has 0 aliphatic carbocycles. The highest BCUT2D eigenvalue weighted by molar-refractivity contribution is 5.95. The Hall–Kier alpha value is -3.47. The Morgan fingerprint density at radius 1 is 1.07 bits per heavy atom. The van der Waals surface area contributed by atoms with Gasteiger partial charge in [-0.25, -0.2) is 9.97 Å². The zero-order valence-corrected chi connectivity index (χ0v) is 15.3. The van der Waals surface area contributed by atoms with Crippen molar-refractivity contribution < 1.29 is 4.79 Å². The minimum absolute atomic E-state index is 0.102. The number of nitrogens with zero attached hydrogens (tertiary/aromatic N) is 3. The molecule has 2 aromatic carbocycles. The summed E-state index contributed by atoms with van der Waals surface area (Å²) in [5.74, 6) is 0.686. The average Bonchev–Trinajstić information content (AvgIpc) is 3.04. The molecule has 134 valence electrons. The van der Waals surface area contributed by atoms with E-state index in [1.807, 2.05) is 79.2 Å². The van der Waals surface area contributed by atoms with Gasteiger partial charge in [-0.3, -0.25) is 4.79 Å². The van der Waals surface area contributed by atoms with Crippen LogP contribution in [0.5, 0.6) is 0 Å². The van der Waals surface area contributed by atoms with Crippen LogP contribution in [0.25, 0.3) is 22.6 Å². The van der Waals surface area contributed by atoms with Crippen LogP contribution in [-0.2, 0) is 13.6 Å². The third-order valence-corrected chi connectivity index (χ3v) is 4.58. The lowest BCUT2D eigenvalue weighted by Gasteiger charge is -2.08. The molecule has 5 heteroatoms. The maximum Gasteiger partial charge on any atom is 0.251 e. The number of aryl methyl sites for hydroxylation is 2. The molecule has 0 spiro atoms. The fraction of sp³-hybridized carbons (Fsp3) is 0.136. The van der Waals surface area contributed by atoms with Crippen LogP contribution in [0.1, 0.15) is 21.5 Å². The maximum atomic E-state index is 12.6. The number of carbonyl (C=O) groups is 1. The Labute approximate surface area is 157 Å². The molecule has 2 aromatic heterocycles. The van der Waals surface area contributed by atoms with Crippen LogP contribution in [0.2, 0.25) is 0 Å². The van der Waals surface area contributed by atoms with E-state index in [0.29, 0.717) is 12.1 Å². The van der Waals surface area contributed by atoms with Gasteiger partial charge in [0.05, 0.1) is 0 Å². The topological polar surface area (TPSA) is 59.8 Å². The van der Waals surface area contributed by atoms with E-state index in [0.717, 1.165) is 28.1 Å². The Morgan fingerprint density at radius 2 is 1.89 bits per heavy atom. The lowest BCUT2D eigenvalue weighted by atomic mass is 10.1. The molecule has 0 radical (unpaired) electrons. The minimum atomic E-state index is -0.102. The highest BCUT2D eigenvalue weighted by Crippen LogP contribution is 2.23. The molecule has 1 N–H and O–H groups in total. The van der Waals surface area contributed by atoms with Crippen LogP contribution >= 0.6 is 0 Å². The van der Waals surface area contributed by atoms with E-state index >= 15 is 0 Å². The van der Waals surface area contributed by atoms with Crippen molar-refractivity contribution in [2.24, 2.45) is 7.05 Å². The molecular formula is C22H20N4O. The van der Waals surface area contributed by atoms with Gasteiger partial charge in [-0.2, -0.15) is 0 Å². The summed E-state index contributed by atoms with van der Waals surface area (Å²) < 4.78 is 1.94. The van der Waals surface area contributed by atoms with Gasteiger partial charge < -0.3 is 9.88 Å². The molecule has 0 fully saturated rings. The molecule has 0 saturated heterocycles. The standard InChI is InChI=1S/C22H20N4O/c1-15-8-10-16(11-9-15)14-24-22(27)18-6-3-5-17(13-18)20-25-19-7-4-12-23-21(19)26(20)2/h3-13H,14H2,1-2H3,(H,24,27). The molecule has 0 bridgehead atoms. The van der Waals surface area contributed by atoms with Crippen molar-refractivity contribution in [1.29, 1.82) is 0 Å². The molecule has 0 unspecified atom stereocenters. The summed E-state index contributed by atoms with van der Waals surface area (Å²) in [6, 6.07) is 19.5. The second kappa shape index (κ2) is 7.03. The normalized spacial score (nSPS) is 10.9. The van der Waals surface area contributed by atoms with Crippen LogP contribution in [0, 0.1) is 6.92 Å². The molecule has 2 heterocycles. The van der Waals surface area contributed by atoms with Gasteiger partial charge in [0, 0.05) is 30.9 Å². The number of benzene rings is 2. The van der Waals surface area contributed by atoms with E-state index in [1.165, 1.54) is 5.56 Å². The lowest BCUT2D eigenvalue weighted by Crippen LogP contribution is -2.22. The summed E-state index contributed by atoms with van der Waals surface area (Å²) in [5, 5.41) is 2.98. The predicted octanol–water partition coefficient (Wildman–Crippen LogP) is 3.87. The lowest BCUT2D eigenvalue weighted by molar-refractivity contribution is 0.0951. The molecule has 1 amide bonds. The number of fused-ring (bicyclic) bond motifs is 1. The van der Waals surface area contributed by atoms with Gasteiger partial charge in [0.25, 0.3) is 5.91 Å². The first-order valence-electron chi connectivity index (χ1n) is 8.83. The van der Waals surface area contributed by atoms with Crippen molar-refractivity contribution in [3.05, 3.63) is 83.6 Å². The van der Waals surface area contributed by atoms with Gasteiger partial charge >= 0.3 is 0 Å². The Bertz CT molecular complexity index is 1110. The molecule has 4 rings (SSSR count). The first-order chi connectivity index (χ1) is 13.1. The molecule has 5 nitrogen and oxygen atoms in total. The van der Waals surface area contributed by atoms with Crippen LogP contribution in [0.15, 0.2) is 66.9 Å². The van der Waals surface area contributed by atoms with Gasteiger partial charge in [-0.15, -0.1) is 0 Å². The van der Waals surface area contributed by atoms with Gasteiger partial charge in [0.1, 0.15) is 11.3 Å². The second-order valence-electron chi connectivity index (χ2n) is 6.59. The van der Waals surface area contributed by atoms with Crippen LogP contribution in [0.3, 0.4) is 0 Å². The second-order valence-corrected chi connectivity index (χ2v) is 6.59. The molecular weight excluding hydrogens is 336 g/mol. The number of amides is 1. The number of pyridine rings is 1. The monoisotopic (exact) mass is 356 g/mol. The summed E-state index contributed by atoms with van der Waals surface area (Å²) in [5.41, 5.74) is 5.44. The maximum absolute atomic E-state index is 12.6. The number of carbonyl (C=O) groups excluding carboxylic acids is 1. The number of nitrogens with one attached hydrogen (secondary N) is 1. The van der Waals surface area contributed by atoms with Crippen molar-refractivity contribution in [3.8, 4) is 11.4 Å². The highest BCUT2D eigenvalue weighted by Gasteiger charge is 2.13. The third-order valence-electron chi connectivity index (χ3n) is 4.58. The quantitative estimate of drug-likeness (QED) is 0.604. The fourth-order valence-electron chi connectivity index (χ4n) is 3.07. The minimum Gasteiger partial charge on any atom is -0.348 e. The number of imidazole rings is 1. The van der Waals surface area contributed by atoms with Crippen molar-refractivity contribution in [2.75, 3.05) is 0 Å². The van der Waals surface area contributed by atoms with E-state index in [4.69, 9.17) is 0 Å². The van der Waals surface area contributed by atoms with Crippen LogP contribution < -0.4 is 5.32 Å². The van der Waals surface area contributed by atoms with E-state index in [2.05, 4.69) is 15.3 Å². The zero-order chi connectivity index (χ0) is 18.8. The summed E-state index contributed by atoms with van der Waals surface area (Å²) in [6.07, 6.45) is 1.75. The number of rotatable bonds is 4. The average molecular weight is 356 g/mol. The van der Waals surface area contributed by atoms with Crippen molar-refractivity contribution in [2.45, 2.75) is 13.5 Å². The van der Waals surface area contributed by atoms with Gasteiger partial charge in [0.15, 0.2) is 5.65 Å². The first-order valence-corrected chi connectivity index (χ1v) is 8.83. The highest BCUT2D eigenvalue weighted by atomic mass is 16.1. The third kappa shape index (κ3) is 3.44. The fourth-order valence-corrected chi connectivity index (χ4v) is 3.07. The van der Waals surface area contributed by atoms with E-state index in [-0.39, 0.29) is 5.91 Å². The van der Waals surface area contributed by atoms with Crippen molar-refractivity contribution in [1.82, 2.24) is 19.9 Å². The Morgan fingerprint density at radius 3 is 2.67 bits per heavy atom. The van der Waals surface area contributed by atoms with Gasteiger partial charge in [0.2, 0.25) is 0 Å². The molecule has 0 aliphatic heterocycles. The molecule has 27 heavy (non-hydrogen) atoms. The van der Waals surface area contributed by atoms with Gasteiger partial charge in [-0.05, 0) is 36.8 Å². The summed E-state index contributed by atoms with van der Waals surface area (Å²) in [4.78, 5) is 21.6. The summed E-state index contributed by atoms with van der Waals surface area (Å²) >= 11 is 0. The Balaban J connectivity index is 1.57. The smallest absolute Gasteiger partial charge is 0.251 e. The number of aromatic nitrogens is 3. The van der Waals surface area contributed by atoms with Crippen LogP contribution in [-0.4, -0.2) is 20.4 Å². The van der Waals surface area contributed by atoms with Crippen LogP contribution in [0.4, 0.5) is 0 Å². The van der Waals surface area contributed by atoms with Crippen molar-refractivity contribution >= 4 is 17.1 Å². The van der Waals surface area contributed by atoms with E-state index in [1.54, 1.807) is 6.20 Å². The van der Waals surface area contributed by atoms with E-state index < -0.39 is 0 Å². The SMILES string of the molecule is Cc1ccc(CNC(=O)c2cccc(-c3nc4cccnc4n3C)c2)cc1. The summed E-state index contributed by atoms with van der Waals surface area (Å²) in [6.45, 7) is 2.55. The van der Waals surface area contributed by atoms with E-state index in [9.17, 15) is 4.79 Å². The Kier molecular flexibility index (Phi) is 4.42. The first kappa shape index (κ1) is 17.0. The van der Waals surface area contributed by atoms with Crippen molar-refractivity contribution in [3.63, 3.8) is 0 Å². The predicted molar refractivity (Wildman–Crippen MR) is 106 cm³/mol. The molecule has 0 aliphatic rings. The molecule has 4 aromatic rings.